The van der Waals surface area contributed by atoms with Crippen molar-refractivity contribution < 1.29 is 13.7 Å². The lowest BCUT2D eigenvalue weighted by Crippen LogP contribution is -2.48. The average Bonchev–Trinajstić information content (AvgIpc) is 2.95. The highest BCUT2D eigenvalue weighted by Gasteiger charge is 2.33. The van der Waals surface area contributed by atoms with Gasteiger partial charge in [0.15, 0.2) is 0 Å². The van der Waals surface area contributed by atoms with Crippen LogP contribution in [0.4, 0.5) is 20.2 Å². The molecule has 0 spiro atoms. The van der Waals surface area contributed by atoms with Crippen LogP contribution in [0.15, 0.2) is 95.9 Å². The van der Waals surface area contributed by atoms with Crippen LogP contribution in [0.2, 0.25) is 0 Å². The number of fused-ring (bicyclic) bond motifs is 1. The van der Waals surface area contributed by atoms with Crippen LogP contribution >= 0.6 is 0 Å². The Bertz CT molecular complexity index is 1510. The van der Waals surface area contributed by atoms with E-state index in [9.17, 15) is 23.7 Å². The molecule has 2 aromatic heterocycles. The van der Waals surface area contributed by atoms with Crippen molar-refractivity contribution in [1.29, 1.82) is 0 Å². The first-order valence-corrected chi connectivity index (χ1v) is 12.7. The van der Waals surface area contributed by atoms with E-state index < -0.39 is 22.3 Å². The summed E-state index contributed by atoms with van der Waals surface area (Å²) in [5.74, 6) is 0. The van der Waals surface area contributed by atoms with Gasteiger partial charge in [-0.05, 0) is 35.8 Å². The second kappa shape index (κ2) is 11.5. The van der Waals surface area contributed by atoms with Crippen LogP contribution in [0.25, 0.3) is 11.0 Å². The van der Waals surface area contributed by atoms with Crippen molar-refractivity contribution in [2.45, 2.75) is 19.0 Å². The fourth-order valence-corrected chi connectivity index (χ4v) is 5.33. The van der Waals surface area contributed by atoms with E-state index in [2.05, 4.69) is 34.1 Å². The van der Waals surface area contributed by atoms with Gasteiger partial charge in [-0.1, -0.05) is 60.7 Å². The third kappa shape index (κ3) is 5.42. The van der Waals surface area contributed by atoms with E-state index in [1.54, 1.807) is 12.1 Å². The molecule has 0 amide bonds. The van der Waals surface area contributed by atoms with Gasteiger partial charge in [0.1, 0.15) is 11.2 Å². The minimum Gasteiger partial charge on any atom is -0.361 e. The number of allylic oxidation sites excluding steroid dienone is 1. The lowest BCUT2D eigenvalue weighted by atomic mass is 9.96. The fourth-order valence-electron chi connectivity index (χ4n) is 5.33. The summed E-state index contributed by atoms with van der Waals surface area (Å²) >= 11 is 0. The van der Waals surface area contributed by atoms with Gasteiger partial charge in [0, 0.05) is 38.9 Å². The van der Waals surface area contributed by atoms with Crippen molar-refractivity contribution in [3.63, 3.8) is 0 Å². The van der Waals surface area contributed by atoms with Crippen molar-refractivity contribution in [2.75, 3.05) is 31.1 Å². The molecule has 10 heteroatoms. The summed E-state index contributed by atoms with van der Waals surface area (Å²) in [6, 6.07) is 23.6. The molecule has 2 aromatic carbocycles. The Morgan fingerprint density at radius 2 is 1.56 bits per heavy atom. The van der Waals surface area contributed by atoms with Crippen molar-refractivity contribution in [1.82, 2.24) is 14.5 Å². The number of nitro groups is 1. The van der Waals surface area contributed by atoms with Gasteiger partial charge in [-0.15, -0.1) is 0 Å². The van der Waals surface area contributed by atoms with E-state index in [0.29, 0.717) is 43.3 Å². The zero-order valence-corrected chi connectivity index (χ0v) is 21.1. The van der Waals surface area contributed by atoms with E-state index in [1.807, 2.05) is 41.3 Å². The molecule has 0 radical (unpaired) electrons. The molecule has 1 aliphatic heterocycles. The van der Waals surface area contributed by atoms with Gasteiger partial charge in [-0.3, -0.25) is 24.8 Å². The van der Waals surface area contributed by atoms with Crippen LogP contribution in [-0.2, 0) is 6.54 Å². The second-order valence-corrected chi connectivity index (χ2v) is 9.31. The molecule has 39 heavy (non-hydrogen) atoms. The molecular formula is C29H27F2N5O3. The summed E-state index contributed by atoms with van der Waals surface area (Å²) in [6.45, 7) is 1.97. The highest BCUT2D eigenvalue weighted by molar-refractivity contribution is 5.93. The zero-order chi connectivity index (χ0) is 27.4. The van der Waals surface area contributed by atoms with Crippen molar-refractivity contribution in [3.05, 3.63) is 123 Å². The van der Waals surface area contributed by atoms with Gasteiger partial charge < -0.3 is 9.47 Å². The maximum atomic E-state index is 13.4. The summed E-state index contributed by atoms with van der Waals surface area (Å²) in [4.78, 5) is 33.5. The third-order valence-electron chi connectivity index (χ3n) is 7.03. The second-order valence-electron chi connectivity index (χ2n) is 9.31. The monoisotopic (exact) mass is 531 g/mol. The van der Waals surface area contributed by atoms with Crippen molar-refractivity contribution >= 4 is 22.4 Å². The molecule has 0 saturated carbocycles. The molecule has 1 saturated heterocycles. The summed E-state index contributed by atoms with van der Waals surface area (Å²) < 4.78 is 26.4. The lowest BCUT2D eigenvalue weighted by Gasteiger charge is -2.40. The summed E-state index contributed by atoms with van der Waals surface area (Å²) in [6.07, 6.45) is 0.215. The van der Waals surface area contributed by atoms with Gasteiger partial charge >= 0.3 is 11.2 Å². The number of hydrogen-bond acceptors (Lipinski definition) is 6. The molecule has 8 nitrogen and oxygen atoms in total. The number of aromatic nitrogens is 2. The Morgan fingerprint density at radius 1 is 0.949 bits per heavy atom. The summed E-state index contributed by atoms with van der Waals surface area (Å²) in [5.41, 5.74) is 1.77. The number of benzene rings is 2. The van der Waals surface area contributed by atoms with E-state index in [-0.39, 0.29) is 24.7 Å². The molecule has 1 aliphatic rings. The Hall–Kier alpha value is -4.44. The molecule has 200 valence electrons. The molecular weight excluding hydrogens is 504 g/mol. The maximum absolute atomic E-state index is 13.4. The maximum Gasteiger partial charge on any atom is 0.359 e. The van der Waals surface area contributed by atoms with E-state index in [1.165, 1.54) is 10.8 Å². The molecule has 1 fully saturated rings. The number of piperazine rings is 1. The smallest absolute Gasteiger partial charge is 0.359 e. The number of halogens is 2. The highest BCUT2D eigenvalue weighted by atomic mass is 19.3. The predicted octanol–water partition coefficient (Wildman–Crippen LogP) is 5.39. The van der Waals surface area contributed by atoms with Crippen molar-refractivity contribution in [2.24, 2.45) is 0 Å². The molecule has 0 unspecified atom stereocenters. The van der Waals surface area contributed by atoms with Crippen molar-refractivity contribution in [3.8, 4) is 0 Å². The van der Waals surface area contributed by atoms with Gasteiger partial charge in [-0.2, -0.15) is 8.78 Å². The Balaban J connectivity index is 1.50. The summed E-state index contributed by atoms with van der Waals surface area (Å²) in [7, 11) is 0. The van der Waals surface area contributed by atoms with E-state index in [4.69, 9.17) is 0 Å². The van der Waals surface area contributed by atoms with Gasteiger partial charge in [0.2, 0.25) is 0 Å². The molecule has 0 atom stereocenters. The van der Waals surface area contributed by atoms with E-state index in [0.717, 1.165) is 11.1 Å². The zero-order valence-electron chi connectivity index (χ0n) is 21.1. The molecule has 0 bridgehead atoms. The van der Waals surface area contributed by atoms with Crippen LogP contribution in [0, 0.1) is 10.1 Å². The van der Waals surface area contributed by atoms with Crippen LogP contribution in [-0.4, -0.2) is 45.6 Å². The first kappa shape index (κ1) is 26.2. The number of anilines is 1. The number of hydrogen-bond donors (Lipinski definition) is 0. The topological polar surface area (TPSA) is 84.5 Å². The minimum absolute atomic E-state index is 0.0105. The first-order chi connectivity index (χ1) is 19.0. The average molecular weight is 532 g/mol. The Labute approximate surface area is 223 Å². The number of nitrogens with zero attached hydrogens (tertiary/aromatic N) is 5. The Kier molecular flexibility index (Phi) is 7.74. The lowest BCUT2D eigenvalue weighted by molar-refractivity contribution is -0.385. The van der Waals surface area contributed by atoms with Gasteiger partial charge in [0.25, 0.3) is 6.08 Å². The highest BCUT2D eigenvalue weighted by Crippen LogP contribution is 2.35. The largest absolute Gasteiger partial charge is 0.361 e. The Morgan fingerprint density at radius 3 is 2.13 bits per heavy atom. The van der Waals surface area contributed by atoms with Crippen LogP contribution in [0.3, 0.4) is 0 Å². The van der Waals surface area contributed by atoms with Gasteiger partial charge in [-0.25, -0.2) is 0 Å². The van der Waals surface area contributed by atoms with Crippen LogP contribution in [0.5, 0.6) is 0 Å². The number of pyridine rings is 2. The third-order valence-corrected chi connectivity index (χ3v) is 7.03. The summed E-state index contributed by atoms with van der Waals surface area (Å²) in [5, 5.41) is 12.2. The predicted molar refractivity (Wildman–Crippen MR) is 146 cm³/mol. The van der Waals surface area contributed by atoms with Gasteiger partial charge in [0.05, 0.1) is 16.5 Å². The molecule has 0 aliphatic carbocycles. The fraction of sp³-hybridized carbons (Fsp3) is 0.241. The van der Waals surface area contributed by atoms with Crippen LogP contribution in [0.1, 0.15) is 23.6 Å². The van der Waals surface area contributed by atoms with E-state index >= 15 is 0 Å². The normalized spacial score (nSPS) is 14.1. The molecule has 5 rings (SSSR count). The minimum atomic E-state index is -1.86. The molecule has 0 N–H and O–H groups in total. The SMILES string of the molecule is O=c1c([N+](=O)[O-])c(N2CCN(C(c3ccccc3)c3ccccc3)CC2)c2ncccc2n1CCC=C(F)F. The number of rotatable bonds is 8. The number of aryl methyl sites for hydroxylation is 1. The molecule has 3 heterocycles. The standard InChI is InChI=1S/C29H27F2N5O3/c30-24(31)14-8-16-35-23-13-7-15-32-25(23)27(28(29(35)37)36(38)39)34-19-17-33(18-20-34)26(21-9-3-1-4-10-21)22-11-5-2-6-12-22/h1-7,9-15,26H,8,16-20H2. The first-order valence-electron chi connectivity index (χ1n) is 12.7. The molecule has 4 aromatic rings. The quantitative estimate of drug-likeness (QED) is 0.224. The van der Waals surface area contributed by atoms with Crippen LogP contribution < -0.4 is 10.5 Å².